The van der Waals surface area contributed by atoms with E-state index >= 15 is 0 Å². The second-order valence-electron chi connectivity index (χ2n) is 9.40. The number of Topliss-reactive ketones (excluding diaryl/α,β-unsaturated/α-hetero) is 2. The number of methoxy groups -OCH3 is 1. The highest BCUT2D eigenvalue weighted by Gasteiger charge is 2.62. The number of carbonyl (C=O) groups excluding carboxylic acids is 5. The van der Waals surface area contributed by atoms with Crippen LogP contribution in [-0.4, -0.2) is 52.2 Å². The predicted molar refractivity (Wildman–Crippen MR) is 132 cm³/mol. The maximum Gasteiger partial charge on any atom is 0.309 e. The van der Waals surface area contributed by atoms with Gasteiger partial charge in [-0.05, 0) is 12.8 Å². The Morgan fingerprint density at radius 3 is 1.92 bits per heavy atom. The average molecular weight is 531 g/mol. The van der Waals surface area contributed by atoms with Crippen molar-refractivity contribution in [2.24, 2.45) is 17.8 Å². The van der Waals surface area contributed by atoms with Gasteiger partial charge in [0.05, 0.1) is 28.9 Å². The molecule has 36 heavy (non-hydrogen) atoms. The first-order valence-corrected chi connectivity index (χ1v) is 13.8. The lowest BCUT2D eigenvalue weighted by molar-refractivity contribution is -0.168. The third kappa shape index (κ3) is 3.89. The van der Waals surface area contributed by atoms with E-state index in [1.807, 2.05) is 0 Å². The van der Waals surface area contributed by atoms with E-state index < -0.39 is 51.9 Å². The second-order valence-corrected chi connectivity index (χ2v) is 12.4. The van der Waals surface area contributed by atoms with E-state index in [2.05, 4.69) is 0 Å². The van der Waals surface area contributed by atoms with Crippen molar-refractivity contribution in [3.05, 3.63) is 46.5 Å². The first kappa shape index (κ1) is 25.1. The molecule has 3 aliphatic carbocycles. The van der Waals surface area contributed by atoms with Gasteiger partial charge in [-0.3, -0.25) is 24.0 Å². The molecule has 5 atom stereocenters. The summed E-state index contributed by atoms with van der Waals surface area (Å²) in [5.74, 6) is -3.31. The third-order valence-electron chi connectivity index (χ3n) is 7.32. The zero-order valence-electron chi connectivity index (χ0n) is 20.1. The van der Waals surface area contributed by atoms with Crippen LogP contribution in [0.1, 0.15) is 50.0 Å². The molecule has 4 aliphatic rings. The summed E-state index contributed by atoms with van der Waals surface area (Å²) in [6.07, 6.45) is -1.54. The summed E-state index contributed by atoms with van der Waals surface area (Å²) in [7, 11) is 1.32. The molecular weight excluding hydrogens is 504 g/mol. The van der Waals surface area contributed by atoms with Crippen molar-refractivity contribution >= 4 is 53.0 Å². The van der Waals surface area contributed by atoms with Crippen LogP contribution in [0.3, 0.4) is 0 Å². The summed E-state index contributed by atoms with van der Waals surface area (Å²) >= 11 is 3.14. The molecule has 0 radical (unpaired) electrons. The summed E-state index contributed by atoms with van der Waals surface area (Å²) in [4.78, 5) is 65.5. The van der Waals surface area contributed by atoms with Gasteiger partial charge in [-0.25, -0.2) is 0 Å². The van der Waals surface area contributed by atoms with Crippen LogP contribution in [0, 0.1) is 17.8 Å². The second kappa shape index (κ2) is 9.37. The maximum absolute atomic E-state index is 14.4. The molecule has 5 unspecified atom stereocenters. The van der Waals surface area contributed by atoms with Crippen molar-refractivity contribution in [1.82, 2.24) is 0 Å². The van der Waals surface area contributed by atoms with Crippen LogP contribution in [0.4, 0.5) is 0 Å². The van der Waals surface area contributed by atoms with Gasteiger partial charge in [0.1, 0.15) is 12.2 Å². The van der Waals surface area contributed by atoms with Crippen molar-refractivity contribution in [3.8, 4) is 0 Å². The number of fused-ring (bicyclic) bond motifs is 3. The molecule has 1 fully saturated rings. The van der Waals surface area contributed by atoms with Crippen LogP contribution >= 0.6 is 23.5 Å². The van der Waals surface area contributed by atoms with E-state index in [-0.39, 0.29) is 18.0 Å². The van der Waals surface area contributed by atoms with Gasteiger partial charge in [-0.2, -0.15) is 0 Å². The Labute approximate surface area is 216 Å². The van der Waals surface area contributed by atoms with Gasteiger partial charge in [0.15, 0.2) is 11.6 Å². The lowest BCUT2D eigenvalue weighted by atomic mass is 9.60. The van der Waals surface area contributed by atoms with Crippen LogP contribution in [0.5, 0.6) is 0 Å². The minimum atomic E-state index is -1.07. The molecule has 1 spiro atoms. The van der Waals surface area contributed by atoms with Gasteiger partial charge in [0, 0.05) is 47.6 Å². The monoisotopic (exact) mass is 530 g/mol. The number of rotatable bonds is 3. The zero-order valence-corrected chi connectivity index (χ0v) is 21.7. The van der Waals surface area contributed by atoms with Gasteiger partial charge in [0.2, 0.25) is 0 Å². The van der Waals surface area contributed by atoms with Crippen LogP contribution in [0.25, 0.3) is 0 Å². The van der Waals surface area contributed by atoms with E-state index in [9.17, 15) is 24.0 Å². The zero-order chi connectivity index (χ0) is 25.8. The van der Waals surface area contributed by atoms with E-state index in [0.29, 0.717) is 28.7 Å². The molecular formula is C26H26O8S2. The number of esters is 3. The first-order valence-electron chi connectivity index (χ1n) is 11.8. The molecule has 1 aromatic carbocycles. The molecule has 0 amide bonds. The van der Waals surface area contributed by atoms with Crippen molar-refractivity contribution in [2.75, 3.05) is 18.6 Å². The van der Waals surface area contributed by atoms with E-state index in [1.54, 1.807) is 47.8 Å². The molecule has 10 heteroatoms. The molecule has 0 N–H and O–H groups in total. The molecule has 0 saturated carbocycles. The Bertz CT molecular complexity index is 1200. The Morgan fingerprint density at radius 1 is 0.889 bits per heavy atom. The lowest BCUT2D eigenvalue weighted by Gasteiger charge is -2.48. The van der Waals surface area contributed by atoms with Crippen LogP contribution in [0.2, 0.25) is 0 Å². The van der Waals surface area contributed by atoms with Crippen molar-refractivity contribution in [2.45, 2.75) is 43.0 Å². The molecule has 0 bridgehead atoms. The Balaban J connectivity index is 1.71. The molecule has 0 aromatic heterocycles. The molecule has 1 aromatic rings. The number of hydrogen-bond acceptors (Lipinski definition) is 10. The Kier molecular flexibility index (Phi) is 6.53. The molecule has 1 aliphatic heterocycles. The highest BCUT2D eigenvalue weighted by atomic mass is 32.2. The fraction of sp³-hybridized carbons (Fsp3) is 0.500. The van der Waals surface area contributed by atoms with E-state index in [0.717, 1.165) is 11.5 Å². The normalized spacial score (nSPS) is 30.2. The smallest absolute Gasteiger partial charge is 0.309 e. The Morgan fingerprint density at radius 2 is 1.42 bits per heavy atom. The van der Waals surface area contributed by atoms with E-state index in [1.165, 1.54) is 21.0 Å². The van der Waals surface area contributed by atoms with Gasteiger partial charge < -0.3 is 14.2 Å². The molecule has 8 nitrogen and oxygen atoms in total. The number of carbonyl (C=O) groups is 5. The maximum atomic E-state index is 14.4. The minimum Gasteiger partial charge on any atom is -0.469 e. The molecule has 1 saturated heterocycles. The number of ketones is 2. The largest absolute Gasteiger partial charge is 0.469 e. The number of benzene rings is 1. The summed E-state index contributed by atoms with van der Waals surface area (Å²) < 4.78 is 15.6. The molecule has 1 heterocycles. The average Bonchev–Trinajstić information content (AvgIpc) is 3.30. The van der Waals surface area contributed by atoms with Gasteiger partial charge in [0.25, 0.3) is 0 Å². The summed E-state index contributed by atoms with van der Waals surface area (Å²) in [5.41, 5.74) is 1.81. The minimum absolute atomic E-state index is 0.0886. The van der Waals surface area contributed by atoms with Crippen LogP contribution < -0.4 is 0 Å². The lowest BCUT2D eigenvalue weighted by Crippen LogP contribution is -2.53. The van der Waals surface area contributed by atoms with Gasteiger partial charge >= 0.3 is 17.9 Å². The molecule has 5 rings (SSSR count). The van der Waals surface area contributed by atoms with Gasteiger partial charge in [-0.1, -0.05) is 24.3 Å². The van der Waals surface area contributed by atoms with E-state index in [4.69, 9.17) is 14.2 Å². The quantitative estimate of drug-likeness (QED) is 0.426. The SMILES string of the molecule is COC(=O)C1CC2=C(C(=O)C3C(OC(C)=O)c4ccccc4C(OC(C)=O)C3C2=O)C2(C1)SCCS2. The number of thioether (sulfide) groups is 2. The Hall–Kier alpha value is -2.59. The standard InChI is InChI=1S/C26H26O8S2/c1-12(27)33-23-15-6-4-5-7-16(15)24(34-13(2)28)19-18(23)21(29)17-10-14(25(31)32-3)11-26(20(17)22(19)30)35-8-9-36-26/h4-7,14,18-19,23-24H,8-11H2,1-3H3. The number of allylic oxidation sites excluding steroid dienone is 1. The third-order valence-corrected chi connectivity index (χ3v) is 10.8. The topological polar surface area (TPSA) is 113 Å². The van der Waals surface area contributed by atoms with Crippen molar-refractivity contribution in [3.63, 3.8) is 0 Å². The fourth-order valence-corrected chi connectivity index (χ4v) is 9.61. The van der Waals surface area contributed by atoms with Crippen LogP contribution in [0.15, 0.2) is 35.4 Å². The highest BCUT2D eigenvalue weighted by molar-refractivity contribution is 8.21. The van der Waals surface area contributed by atoms with Crippen LogP contribution in [-0.2, 0) is 38.2 Å². The number of ether oxygens (including phenoxy) is 3. The highest BCUT2D eigenvalue weighted by Crippen LogP contribution is 2.62. The van der Waals surface area contributed by atoms with Crippen molar-refractivity contribution < 1.29 is 38.2 Å². The number of hydrogen-bond donors (Lipinski definition) is 0. The first-order chi connectivity index (χ1) is 17.2. The van der Waals surface area contributed by atoms with Gasteiger partial charge in [-0.15, -0.1) is 23.5 Å². The summed E-state index contributed by atoms with van der Waals surface area (Å²) in [6, 6.07) is 6.96. The van der Waals surface area contributed by atoms with Crippen molar-refractivity contribution in [1.29, 1.82) is 0 Å². The fourth-order valence-electron chi connectivity index (χ4n) is 6.08. The molecule has 190 valence electrons. The predicted octanol–water partition coefficient (Wildman–Crippen LogP) is 3.35. The summed E-state index contributed by atoms with van der Waals surface area (Å²) in [5, 5.41) is 0. The summed E-state index contributed by atoms with van der Waals surface area (Å²) in [6.45, 7) is 2.52.